The number of nitrogen functional groups attached to an aromatic ring is 1. The molecule has 0 bridgehead atoms. The zero-order chi connectivity index (χ0) is 13.8. The molecule has 100 valence electrons. The first-order valence-corrected chi connectivity index (χ1v) is 7.19. The number of nitrogens with two attached hydrogens (primary N) is 1. The molecule has 2 heterocycles. The van der Waals surface area contributed by atoms with Crippen LogP contribution in [0, 0.1) is 0 Å². The van der Waals surface area contributed by atoms with Crippen LogP contribution in [-0.2, 0) is 15.9 Å². The summed E-state index contributed by atoms with van der Waals surface area (Å²) in [5.74, 6) is 0. The van der Waals surface area contributed by atoms with E-state index in [1.165, 1.54) is 4.88 Å². The zero-order valence-corrected chi connectivity index (χ0v) is 12.5. The van der Waals surface area contributed by atoms with Crippen LogP contribution < -0.4 is 5.73 Å². The van der Waals surface area contributed by atoms with Crippen LogP contribution in [0.4, 0.5) is 5.69 Å². The summed E-state index contributed by atoms with van der Waals surface area (Å²) in [7, 11) is 0. The second-order valence-electron chi connectivity index (χ2n) is 5.94. The molecule has 1 aromatic heterocycles. The molecule has 19 heavy (non-hydrogen) atoms. The van der Waals surface area contributed by atoms with Crippen molar-refractivity contribution in [3.63, 3.8) is 0 Å². The van der Waals surface area contributed by atoms with Gasteiger partial charge in [0, 0.05) is 11.3 Å². The molecule has 0 atom stereocenters. The van der Waals surface area contributed by atoms with Crippen molar-refractivity contribution in [2.75, 3.05) is 5.73 Å². The van der Waals surface area contributed by atoms with E-state index in [1.54, 1.807) is 11.3 Å². The SMILES string of the molecule is CC1(C)OC(C)(C)c2sc(-c3cccc(N)c3)nc21. The van der Waals surface area contributed by atoms with Gasteiger partial charge in [0.25, 0.3) is 0 Å². The molecule has 0 fully saturated rings. The summed E-state index contributed by atoms with van der Waals surface area (Å²) in [6.45, 7) is 8.34. The topological polar surface area (TPSA) is 48.1 Å². The Bertz CT molecular complexity index is 612. The maximum Gasteiger partial charge on any atom is 0.124 e. The van der Waals surface area contributed by atoms with Gasteiger partial charge in [0.1, 0.15) is 10.6 Å². The summed E-state index contributed by atoms with van der Waals surface area (Å²) in [6.07, 6.45) is 0. The molecule has 1 aliphatic rings. The van der Waals surface area contributed by atoms with Crippen molar-refractivity contribution in [3.8, 4) is 10.6 Å². The van der Waals surface area contributed by atoms with Gasteiger partial charge < -0.3 is 10.5 Å². The summed E-state index contributed by atoms with van der Waals surface area (Å²) < 4.78 is 6.08. The van der Waals surface area contributed by atoms with E-state index >= 15 is 0 Å². The number of ether oxygens (including phenoxy) is 1. The maximum atomic E-state index is 6.08. The molecule has 0 radical (unpaired) electrons. The largest absolute Gasteiger partial charge is 0.399 e. The van der Waals surface area contributed by atoms with Gasteiger partial charge >= 0.3 is 0 Å². The minimum Gasteiger partial charge on any atom is -0.399 e. The molecule has 1 aromatic carbocycles. The Morgan fingerprint density at radius 1 is 1.16 bits per heavy atom. The lowest BCUT2D eigenvalue weighted by atomic mass is 10.0. The van der Waals surface area contributed by atoms with E-state index in [2.05, 4.69) is 27.7 Å². The van der Waals surface area contributed by atoms with Gasteiger partial charge in [-0.05, 0) is 39.8 Å². The molecule has 0 amide bonds. The van der Waals surface area contributed by atoms with E-state index in [9.17, 15) is 0 Å². The van der Waals surface area contributed by atoms with Crippen LogP contribution in [0.25, 0.3) is 10.6 Å². The van der Waals surface area contributed by atoms with Gasteiger partial charge in [0.2, 0.25) is 0 Å². The minimum absolute atomic E-state index is 0.269. The predicted octanol–water partition coefficient (Wildman–Crippen LogP) is 3.89. The molecule has 0 aliphatic carbocycles. The van der Waals surface area contributed by atoms with Crippen molar-refractivity contribution in [2.45, 2.75) is 38.9 Å². The maximum absolute atomic E-state index is 6.08. The third-order valence-corrected chi connectivity index (χ3v) is 4.80. The van der Waals surface area contributed by atoms with Gasteiger partial charge in [-0.2, -0.15) is 0 Å². The fourth-order valence-electron chi connectivity index (χ4n) is 2.66. The fourth-order valence-corrected chi connectivity index (χ4v) is 3.91. The van der Waals surface area contributed by atoms with E-state index in [1.807, 2.05) is 24.3 Å². The standard InChI is InChI=1S/C15H18N2OS/c1-14(2)11-12(15(3,4)18-14)19-13(17-11)9-6-5-7-10(16)8-9/h5-8H,16H2,1-4H3. The van der Waals surface area contributed by atoms with E-state index in [0.29, 0.717) is 0 Å². The van der Waals surface area contributed by atoms with Crippen LogP contribution in [0.5, 0.6) is 0 Å². The molecule has 0 unspecified atom stereocenters. The lowest BCUT2D eigenvalue weighted by Gasteiger charge is -2.24. The number of thiazole rings is 1. The van der Waals surface area contributed by atoms with Crippen LogP contribution in [0.3, 0.4) is 0 Å². The number of benzene rings is 1. The van der Waals surface area contributed by atoms with Crippen molar-refractivity contribution in [2.24, 2.45) is 0 Å². The lowest BCUT2D eigenvalue weighted by molar-refractivity contribution is -0.105. The van der Waals surface area contributed by atoms with Gasteiger partial charge in [-0.15, -0.1) is 11.3 Å². The summed E-state index contributed by atoms with van der Waals surface area (Å²) in [4.78, 5) is 6.01. The Balaban J connectivity index is 2.14. The molecule has 0 saturated carbocycles. The summed E-state index contributed by atoms with van der Waals surface area (Å²) in [5.41, 5.74) is 8.15. The van der Waals surface area contributed by atoms with Crippen LogP contribution in [0.1, 0.15) is 38.3 Å². The van der Waals surface area contributed by atoms with E-state index in [4.69, 9.17) is 15.5 Å². The highest BCUT2D eigenvalue weighted by atomic mass is 32.1. The molecule has 0 spiro atoms. The minimum atomic E-state index is -0.325. The van der Waals surface area contributed by atoms with Crippen molar-refractivity contribution in [1.29, 1.82) is 0 Å². The highest BCUT2D eigenvalue weighted by Gasteiger charge is 2.46. The molecule has 2 aromatic rings. The van der Waals surface area contributed by atoms with Gasteiger partial charge in [-0.25, -0.2) is 4.98 Å². The Kier molecular flexibility index (Phi) is 2.53. The molecule has 4 heteroatoms. The second-order valence-corrected chi connectivity index (χ2v) is 6.94. The fraction of sp³-hybridized carbons (Fsp3) is 0.400. The van der Waals surface area contributed by atoms with Crippen molar-refractivity contribution >= 4 is 17.0 Å². The van der Waals surface area contributed by atoms with E-state index in [0.717, 1.165) is 22.0 Å². The number of nitrogens with zero attached hydrogens (tertiary/aromatic N) is 1. The predicted molar refractivity (Wildman–Crippen MR) is 79.1 cm³/mol. The first-order chi connectivity index (χ1) is 8.79. The molecular weight excluding hydrogens is 256 g/mol. The normalized spacial score (nSPS) is 19.4. The number of hydrogen-bond donors (Lipinski definition) is 1. The third-order valence-electron chi connectivity index (χ3n) is 3.39. The molecule has 3 nitrogen and oxygen atoms in total. The average molecular weight is 274 g/mol. The summed E-state index contributed by atoms with van der Waals surface area (Å²) in [6, 6.07) is 7.87. The van der Waals surface area contributed by atoms with Gasteiger partial charge in [-0.1, -0.05) is 12.1 Å². The quantitative estimate of drug-likeness (QED) is 0.802. The van der Waals surface area contributed by atoms with E-state index in [-0.39, 0.29) is 11.2 Å². The highest BCUT2D eigenvalue weighted by Crippen LogP contribution is 2.50. The van der Waals surface area contributed by atoms with Gasteiger partial charge in [0.15, 0.2) is 0 Å². The molecule has 3 rings (SSSR count). The third kappa shape index (κ3) is 1.95. The van der Waals surface area contributed by atoms with Crippen LogP contribution >= 0.6 is 11.3 Å². The van der Waals surface area contributed by atoms with Crippen LogP contribution in [-0.4, -0.2) is 4.98 Å². The smallest absolute Gasteiger partial charge is 0.124 e. The zero-order valence-electron chi connectivity index (χ0n) is 11.7. The Labute approximate surface area is 117 Å². The first kappa shape index (κ1) is 12.6. The number of anilines is 1. The monoisotopic (exact) mass is 274 g/mol. The number of fused-ring (bicyclic) bond motifs is 1. The van der Waals surface area contributed by atoms with E-state index < -0.39 is 0 Å². The van der Waals surface area contributed by atoms with Crippen molar-refractivity contribution in [3.05, 3.63) is 34.8 Å². The first-order valence-electron chi connectivity index (χ1n) is 6.37. The molecular formula is C15H18N2OS. The summed E-state index contributed by atoms with van der Waals surface area (Å²) in [5, 5.41) is 1.02. The van der Waals surface area contributed by atoms with Gasteiger partial charge in [-0.3, -0.25) is 0 Å². The van der Waals surface area contributed by atoms with Crippen LogP contribution in [0.2, 0.25) is 0 Å². The van der Waals surface area contributed by atoms with Crippen molar-refractivity contribution in [1.82, 2.24) is 4.98 Å². The Morgan fingerprint density at radius 2 is 1.89 bits per heavy atom. The molecule has 0 saturated heterocycles. The average Bonchev–Trinajstić information content (AvgIpc) is 2.79. The summed E-state index contributed by atoms with van der Waals surface area (Å²) >= 11 is 1.70. The van der Waals surface area contributed by atoms with Crippen molar-refractivity contribution < 1.29 is 4.74 Å². The Morgan fingerprint density at radius 3 is 2.53 bits per heavy atom. The second kappa shape index (κ2) is 3.81. The molecule has 1 aliphatic heterocycles. The lowest BCUT2D eigenvalue weighted by Crippen LogP contribution is -2.23. The highest BCUT2D eigenvalue weighted by molar-refractivity contribution is 7.15. The number of aromatic nitrogens is 1. The number of hydrogen-bond acceptors (Lipinski definition) is 4. The van der Waals surface area contributed by atoms with Gasteiger partial charge in [0.05, 0.1) is 16.2 Å². The van der Waals surface area contributed by atoms with Crippen LogP contribution in [0.15, 0.2) is 24.3 Å². The molecule has 2 N–H and O–H groups in total. The Hall–Kier alpha value is -1.39. The number of rotatable bonds is 1.